The standard InChI is InChI=1S/C26H26N4O2/c1-17-25-22(14-23(27-26(25)29-28-17)20-7-9-21(31)10-8-20)24(32)13-19-11-12-30(16-19)15-18-5-3-2-4-6-18/h2-10,14,19,31H,11-13,15-16H2,1H3,(H,27,28,29). The number of nitrogens with one attached hydrogen (secondary N) is 1. The molecule has 0 bridgehead atoms. The summed E-state index contributed by atoms with van der Waals surface area (Å²) in [5.74, 6) is 0.676. The second-order valence-electron chi connectivity index (χ2n) is 8.65. The van der Waals surface area contributed by atoms with E-state index in [1.54, 1.807) is 24.3 Å². The summed E-state index contributed by atoms with van der Waals surface area (Å²) in [5.41, 5.74) is 4.91. The molecule has 0 amide bonds. The molecular formula is C26H26N4O2. The van der Waals surface area contributed by atoms with Gasteiger partial charge in [-0.25, -0.2) is 4.98 Å². The number of nitrogens with zero attached hydrogens (tertiary/aromatic N) is 3. The van der Waals surface area contributed by atoms with Crippen LogP contribution in [0.1, 0.15) is 34.5 Å². The van der Waals surface area contributed by atoms with Crippen molar-refractivity contribution in [3.05, 3.63) is 77.5 Å². The van der Waals surface area contributed by atoms with Crippen molar-refractivity contribution in [1.82, 2.24) is 20.1 Å². The number of hydrogen-bond donors (Lipinski definition) is 2. The normalized spacial score (nSPS) is 16.6. The number of likely N-dealkylation sites (tertiary alicyclic amines) is 1. The number of aromatic hydroxyl groups is 1. The summed E-state index contributed by atoms with van der Waals surface area (Å²) in [7, 11) is 0. The van der Waals surface area contributed by atoms with Crippen molar-refractivity contribution in [2.75, 3.05) is 13.1 Å². The molecule has 2 aromatic heterocycles. The number of rotatable bonds is 6. The van der Waals surface area contributed by atoms with Gasteiger partial charge in [-0.15, -0.1) is 0 Å². The number of carbonyl (C=O) groups excluding carboxylic acids is 1. The van der Waals surface area contributed by atoms with E-state index < -0.39 is 0 Å². The molecule has 2 aromatic carbocycles. The molecule has 1 aliphatic rings. The Morgan fingerprint density at radius 3 is 2.72 bits per heavy atom. The minimum Gasteiger partial charge on any atom is -0.508 e. The van der Waals surface area contributed by atoms with E-state index in [1.165, 1.54) is 5.56 Å². The fourth-order valence-corrected chi connectivity index (χ4v) is 4.61. The van der Waals surface area contributed by atoms with Gasteiger partial charge in [0.05, 0.1) is 11.1 Å². The predicted octanol–water partition coefficient (Wildman–Crippen LogP) is 4.73. The minimum atomic E-state index is 0.133. The number of H-pyrrole nitrogens is 1. The first kappa shape index (κ1) is 20.4. The Labute approximate surface area is 186 Å². The summed E-state index contributed by atoms with van der Waals surface area (Å²) >= 11 is 0. The molecule has 0 saturated carbocycles. The molecule has 3 heterocycles. The summed E-state index contributed by atoms with van der Waals surface area (Å²) in [6, 6.07) is 19.2. The quantitative estimate of drug-likeness (QED) is 0.436. The van der Waals surface area contributed by atoms with E-state index in [0.717, 1.165) is 42.7 Å². The summed E-state index contributed by atoms with van der Waals surface area (Å²) in [5, 5.41) is 17.7. The van der Waals surface area contributed by atoms with E-state index in [0.29, 0.717) is 29.2 Å². The van der Waals surface area contributed by atoms with Crippen LogP contribution in [-0.2, 0) is 6.54 Å². The van der Waals surface area contributed by atoms with E-state index in [9.17, 15) is 9.90 Å². The zero-order valence-corrected chi connectivity index (χ0v) is 18.1. The maximum Gasteiger partial charge on any atom is 0.182 e. The van der Waals surface area contributed by atoms with Gasteiger partial charge in [0.1, 0.15) is 5.75 Å². The van der Waals surface area contributed by atoms with Crippen molar-refractivity contribution in [3.8, 4) is 17.0 Å². The lowest BCUT2D eigenvalue weighted by Crippen LogP contribution is -2.21. The van der Waals surface area contributed by atoms with Crippen LogP contribution < -0.4 is 0 Å². The van der Waals surface area contributed by atoms with Gasteiger partial charge in [0.2, 0.25) is 0 Å². The molecule has 32 heavy (non-hydrogen) atoms. The van der Waals surface area contributed by atoms with Crippen LogP contribution in [0.2, 0.25) is 0 Å². The van der Waals surface area contributed by atoms with Crippen LogP contribution in [0, 0.1) is 12.8 Å². The van der Waals surface area contributed by atoms with E-state index >= 15 is 0 Å². The molecule has 6 nitrogen and oxygen atoms in total. The highest BCUT2D eigenvalue weighted by Crippen LogP contribution is 2.30. The summed E-state index contributed by atoms with van der Waals surface area (Å²) in [6.45, 7) is 4.80. The zero-order chi connectivity index (χ0) is 22.1. The SMILES string of the molecule is Cc1[nH]nc2nc(-c3ccc(O)cc3)cc(C(=O)CC3CCN(Cc4ccccc4)C3)c12. The number of phenols is 1. The topological polar surface area (TPSA) is 82.1 Å². The lowest BCUT2D eigenvalue weighted by atomic mass is 9.94. The molecule has 5 rings (SSSR count). The van der Waals surface area contributed by atoms with Gasteiger partial charge in [0.25, 0.3) is 0 Å². The number of carbonyl (C=O) groups is 1. The average Bonchev–Trinajstić information content (AvgIpc) is 3.40. The molecule has 162 valence electrons. The number of benzene rings is 2. The molecule has 1 saturated heterocycles. The van der Waals surface area contributed by atoms with Crippen LogP contribution in [0.15, 0.2) is 60.7 Å². The molecule has 4 aromatic rings. The molecule has 0 spiro atoms. The molecular weight excluding hydrogens is 400 g/mol. The minimum absolute atomic E-state index is 0.133. The number of aromatic amines is 1. The molecule has 0 aliphatic carbocycles. The van der Waals surface area contributed by atoms with Gasteiger partial charge in [-0.1, -0.05) is 30.3 Å². The lowest BCUT2D eigenvalue weighted by Gasteiger charge is -2.16. The molecule has 0 radical (unpaired) electrons. The number of pyridine rings is 1. The van der Waals surface area contributed by atoms with Gasteiger partial charge in [0.15, 0.2) is 11.4 Å². The highest BCUT2D eigenvalue weighted by atomic mass is 16.3. The highest BCUT2D eigenvalue weighted by molar-refractivity contribution is 6.08. The van der Waals surface area contributed by atoms with Gasteiger partial charge in [-0.3, -0.25) is 14.8 Å². The zero-order valence-electron chi connectivity index (χ0n) is 18.1. The number of aryl methyl sites for hydroxylation is 1. The highest BCUT2D eigenvalue weighted by Gasteiger charge is 2.27. The Morgan fingerprint density at radius 1 is 1.16 bits per heavy atom. The number of aromatic nitrogens is 3. The number of phenolic OH excluding ortho intramolecular Hbond substituents is 1. The van der Waals surface area contributed by atoms with Crippen molar-refractivity contribution in [2.45, 2.75) is 26.3 Å². The Morgan fingerprint density at radius 2 is 1.94 bits per heavy atom. The molecule has 1 unspecified atom stereocenters. The maximum atomic E-state index is 13.4. The van der Waals surface area contributed by atoms with Crippen LogP contribution in [-0.4, -0.2) is 44.1 Å². The second-order valence-corrected chi connectivity index (χ2v) is 8.65. The van der Waals surface area contributed by atoms with Gasteiger partial charge in [-0.05, 0) is 61.7 Å². The molecule has 1 atom stereocenters. The number of ketones is 1. The Kier molecular flexibility index (Phi) is 5.45. The molecule has 2 N–H and O–H groups in total. The fourth-order valence-electron chi connectivity index (χ4n) is 4.61. The van der Waals surface area contributed by atoms with Crippen LogP contribution in [0.25, 0.3) is 22.3 Å². The number of Topliss-reactive ketones (excluding diaryl/α,β-unsaturated/α-hetero) is 1. The average molecular weight is 427 g/mol. The predicted molar refractivity (Wildman–Crippen MR) is 125 cm³/mol. The van der Waals surface area contributed by atoms with Crippen molar-refractivity contribution < 1.29 is 9.90 Å². The maximum absolute atomic E-state index is 13.4. The number of hydrogen-bond acceptors (Lipinski definition) is 5. The Balaban J connectivity index is 1.37. The monoisotopic (exact) mass is 426 g/mol. The first-order valence-corrected chi connectivity index (χ1v) is 11.0. The van der Waals surface area contributed by atoms with Gasteiger partial charge in [-0.2, -0.15) is 5.10 Å². The number of fused-ring (bicyclic) bond motifs is 1. The Bertz CT molecular complexity index is 1250. The second kappa shape index (κ2) is 8.55. The first-order chi connectivity index (χ1) is 15.6. The van der Waals surface area contributed by atoms with Crippen molar-refractivity contribution in [3.63, 3.8) is 0 Å². The van der Waals surface area contributed by atoms with Crippen molar-refractivity contribution in [2.24, 2.45) is 5.92 Å². The molecule has 1 aliphatic heterocycles. The third-order valence-electron chi connectivity index (χ3n) is 6.26. The van der Waals surface area contributed by atoms with E-state index in [2.05, 4.69) is 44.3 Å². The largest absolute Gasteiger partial charge is 0.508 e. The van der Waals surface area contributed by atoms with Crippen LogP contribution >= 0.6 is 0 Å². The summed E-state index contributed by atoms with van der Waals surface area (Å²) in [4.78, 5) is 20.5. The van der Waals surface area contributed by atoms with Gasteiger partial charge >= 0.3 is 0 Å². The summed E-state index contributed by atoms with van der Waals surface area (Å²) in [6.07, 6.45) is 1.55. The van der Waals surface area contributed by atoms with E-state index in [-0.39, 0.29) is 11.5 Å². The Hall–Kier alpha value is -3.51. The van der Waals surface area contributed by atoms with Crippen LogP contribution in [0.5, 0.6) is 5.75 Å². The molecule has 6 heteroatoms. The van der Waals surface area contributed by atoms with Gasteiger partial charge in [0, 0.05) is 36.3 Å². The van der Waals surface area contributed by atoms with Crippen LogP contribution in [0.3, 0.4) is 0 Å². The molecule has 1 fully saturated rings. The fraction of sp³-hybridized carbons (Fsp3) is 0.269. The van der Waals surface area contributed by atoms with Gasteiger partial charge < -0.3 is 5.11 Å². The smallest absolute Gasteiger partial charge is 0.182 e. The third-order valence-corrected chi connectivity index (χ3v) is 6.26. The van der Waals surface area contributed by atoms with Crippen LogP contribution in [0.4, 0.5) is 0 Å². The van der Waals surface area contributed by atoms with Crippen molar-refractivity contribution in [1.29, 1.82) is 0 Å². The van der Waals surface area contributed by atoms with E-state index in [1.807, 2.05) is 19.1 Å². The first-order valence-electron chi connectivity index (χ1n) is 11.0. The summed E-state index contributed by atoms with van der Waals surface area (Å²) < 4.78 is 0. The van der Waals surface area contributed by atoms with E-state index in [4.69, 9.17) is 0 Å². The third kappa shape index (κ3) is 4.14. The van der Waals surface area contributed by atoms with Crippen molar-refractivity contribution >= 4 is 16.8 Å². The lowest BCUT2D eigenvalue weighted by molar-refractivity contribution is 0.0963.